The molecule has 0 unspecified atom stereocenters. The average molecular weight is 385 g/mol. The second kappa shape index (κ2) is 7.14. The van der Waals surface area contributed by atoms with Gasteiger partial charge in [-0.1, -0.05) is 31.2 Å². The minimum Gasteiger partial charge on any atom is -0.373 e. The van der Waals surface area contributed by atoms with E-state index < -0.39 is 0 Å². The number of rotatable bonds is 3. The van der Waals surface area contributed by atoms with Gasteiger partial charge in [0.25, 0.3) is 0 Å². The van der Waals surface area contributed by atoms with E-state index in [4.69, 9.17) is 4.74 Å². The Morgan fingerprint density at radius 1 is 1.21 bits per heavy atom. The number of aryl methyl sites for hydroxylation is 1. The van der Waals surface area contributed by atoms with Crippen LogP contribution in [0.2, 0.25) is 0 Å². The third-order valence-electron chi connectivity index (χ3n) is 7.93. The van der Waals surface area contributed by atoms with Crippen LogP contribution in [0.5, 0.6) is 0 Å². The van der Waals surface area contributed by atoms with Crippen LogP contribution in [0, 0.1) is 17.8 Å². The number of hydrogen-bond acceptors (Lipinski definition) is 3. The zero-order valence-electron chi connectivity index (χ0n) is 18.0. The Kier molecular flexibility index (Phi) is 5.08. The Labute approximate surface area is 169 Å². The molecule has 4 nitrogen and oxygen atoms in total. The summed E-state index contributed by atoms with van der Waals surface area (Å²) in [5.74, 6) is 1.43. The first-order valence-electron chi connectivity index (χ1n) is 11.0. The molecule has 2 N–H and O–H groups in total. The highest BCUT2D eigenvalue weighted by atomic mass is 16.5. The SMILES string of the molecule is CCc1ccc([C@@H]2OCC[C@]3(NC(C)=O)[C@H]4C[C@@H](C[C@@H]23)C(C)(C)N[C@@H]4C)cc1. The maximum Gasteiger partial charge on any atom is 0.217 e. The topological polar surface area (TPSA) is 50.4 Å². The predicted molar refractivity (Wildman–Crippen MR) is 112 cm³/mol. The molecule has 3 fully saturated rings. The van der Waals surface area contributed by atoms with Gasteiger partial charge in [0.15, 0.2) is 0 Å². The van der Waals surface area contributed by atoms with E-state index >= 15 is 0 Å². The van der Waals surface area contributed by atoms with Gasteiger partial charge in [-0.15, -0.1) is 0 Å². The van der Waals surface area contributed by atoms with Gasteiger partial charge in [-0.2, -0.15) is 0 Å². The van der Waals surface area contributed by atoms with Crippen molar-refractivity contribution < 1.29 is 9.53 Å². The van der Waals surface area contributed by atoms with E-state index in [1.54, 1.807) is 6.92 Å². The number of ether oxygens (including phenoxy) is 1. The summed E-state index contributed by atoms with van der Waals surface area (Å²) >= 11 is 0. The van der Waals surface area contributed by atoms with E-state index in [-0.39, 0.29) is 23.1 Å². The quantitative estimate of drug-likeness (QED) is 0.828. The molecular formula is C24H36N2O2. The van der Waals surface area contributed by atoms with Crippen molar-refractivity contribution in [3.05, 3.63) is 35.4 Å². The number of fused-ring (bicyclic) bond motifs is 4. The standard InChI is InChI=1S/C24H36N2O2/c1-6-17-7-9-18(10-8-17)22-21-14-19-13-20(15(2)25-23(19,4)5)24(21,11-12-28-22)26-16(3)27/h7-10,15,19-22,25H,6,11-14H2,1-5H3,(H,26,27)/t15-,19+,20+,21+,22+,24+/m1/s1. The monoisotopic (exact) mass is 384 g/mol. The highest BCUT2D eigenvalue weighted by molar-refractivity contribution is 5.74. The Hall–Kier alpha value is -1.39. The van der Waals surface area contributed by atoms with Crippen LogP contribution in [-0.2, 0) is 16.0 Å². The first kappa shape index (κ1) is 19.9. The van der Waals surface area contributed by atoms with Crippen molar-refractivity contribution >= 4 is 5.91 Å². The molecule has 4 rings (SSSR count). The average Bonchev–Trinajstić information content (AvgIpc) is 2.64. The smallest absolute Gasteiger partial charge is 0.217 e. The molecule has 0 spiro atoms. The molecule has 2 heterocycles. The van der Waals surface area contributed by atoms with Gasteiger partial charge in [-0.25, -0.2) is 0 Å². The lowest BCUT2D eigenvalue weighted by atomic mass is 9.52. The lowest BCUT2D eigenvalue weighted by Crippen LogP contribution is -2.73. The number of carbonyl (C=O) groups is 1. The summed E-state index contributed by atoms with van der Waals surface area (Å²) in [7, 11) is 0. The fourth-order valence-electron chi connectivity index (χ4n) is 6.53. The lowest BCUT2D eigenvalue weighted by Gasteiger charge is -2.63. The van der Waals surface area contributed by atoms with Gasteiger partial charge in [-0.3, -0.25) is 4.79 Å². The molecular weight excluding hydrogens is 348 g/mol. The first-order valence-corrected chi connectivity index (χ1v) is 11.0. The zero-order chi connectivity index (χ0) is 20.1. The van der Waals surface area contributed by atoms with Crippen LogP contribution < -0.4 is 10.6 Å². The first-order chi connectivity index (χ1) is 13.3. The summed E-state index contributed by atoms with van der Waals surface area (Å²) < 4.78 is 6.41. The van der Waals surface area contributed by atoms with Crippen molar-refractivity contribution in [2.75, 3.05) is 6.61 Å². The molecule has 2 aliphatic heterocycles. The molecule has 1 aromatic carbocycles. The molecule has 2 bridgehead atoms. The summed E-state index contributed by atoms with van der Waals surface area (Å²) in [6, 6.07) is 9.31. The molecule has 28 heavy (non-hydrogen) atoms. The van der Waals surface area contributed by atoms with Gasteiger partial charge < -0.3 is 15.4 Å². The number of carbonyl (C=O) groups excluding carboxylic acids is 1. The molecule has 4 heteroatoms. The van der Waals surface area contributed by atoms with E-state index in [0.29, 0.717) is 30.4 Å². The van der Waals surface area contributed by atoms with Gasteiger partial charge in [0.2, 0.25) is 5.91 Å². The van der Waals surface area contributed by atoms with Crippen molar-refractivity contribution in [2.45, 2.75) is 83.5 Å². The van der Waals surface area contributed by atoms with Gasteiger partial charge in [0, 0.05) is 31.0 Å². The predicted octanol–water partition coefficient (Wildman–Crippen LogP) is 4.00. The molecule has 1 aliphatic carbocycles. The molecule has 1 saturated carbocycles. The summed E-state index contributed by atoms with van der Waals surface area (Å²) in [5.41, 5.74) is 2.55. The second-order valence-electron chi connectivity index (χ2n) is 9.89. The maximum absolute atomic E-state index is 12.3. The molecule has 3 aliphatic rings. The Morgan fingerprint density at radius 3 is 2.54 bits per heavy atom. The van der Waals surface area contributed by atoms with E-state index in [9.17, 15) is 4.79 Å². The zero-order valence-corrected chi connectivity index (χ0v) is 18.0. The number of benzene rings is 1. The van der Waals surface area contributed by atoms with Gasteiger partial charge >= 0.3 is 0 Å². The van der Waals surface area contributed by atoms with Crippen LogP contribution in [0.15, 0.2) is 24.3 Å². The third kappa shape index (κ3) is 3.19. The Morgan fingerprint density at radius 2 is 1.89 bits per heavy atom. The van der Waals surface area contributed by atoms with E-state index in [1.807, 2.05) is 0 Å². The highest BCUT2D eigenvalue weighted by Crippen LogP contribution is 2.56. The molecule has 2 saturated heterocycles. The van der Waals surface area contributed by atoms with Crippen LogP contribution in [-0.4, -0.2) is 29.6 Å². The summed E-state index contributed by atoms with van der Waals surface area (Å²) in [6.07, 6.45) is 4.28. The van der Waals surface area contributed by atoms with Crippen molar-refractivity contribution in [1.29, 1.82) is 0 Å². The van der Waals surface area contributed by atoms with Crippen LogP contribution in [0.1, 0.15) is 71.1 Å². The minimum absolute atomic E-state index is 0.0536. The van der Waals surface area contributed by atoms with Crippen molar-refractivity contribution in [3.8, 4) is 0 Å². The fraction of sp³-hybridized carbons (Fsp3) is 0.708. The molecule has 0 radical (unpaired) electrons. The van der Waals surface area contributed by atoms with Crippen LogP contribution in [0.4, 0.5) is 0 Å². The summed E-state index contributed by atoms with van der Waals surface area (Å²) in [6.45, 7) is 11.5. The third-order valence-corrected chi connectivity index (χ3v) is 7.93. The normalized spacial score (nSPS) is 39.1. The number of hydrogen-bond donors (Lipinski definition) is 2. The molecule has 0 aromatic heterocycles. The summed E-state index contributed by atoms with van der Waals surface area (Å²) in [4.78, 5) is 12.3. The highest BCUT2D eigenvalue weighted by Gasteiger charge is 2.60. The van der Waals surface area contributed by atoms with E-state index in [2.05, 4.69) is 62.6 Å². The Balaban J connectivity index is 1.75. The Bertz CT molecular complexity index is 729. The fourth-order valence-corrected chi connectivity index (χ4v) is 6.53. The van der Waals surface area contributed by atoms with Crippen molar-refractivity contribution in [2.24, 2.45) is 17.8 Å². The van der Waals surface area contributed by atoms with Crippen molar-refractivity contribution in [1.82, 2.24) is 10.6 Å². The van der Waals surface area contributed by atoms with Crippen molar-refractivity contribution in [3.63, 3.8) is 0 Å². The minimum atomic E-state index is -0.183. The second-order valence-corrected chi connectivity index (χ2v) is 9.89. The largest absolute Gasteiger partial charge is 0.373 e. The van der Waals surface area contributed by atoms with Gasteiger partial charge in [-0.05, 0) is 69.4 Å². The van der Waals surface area contributed by atoms with Gasteiger partial charge in [0.05, 0.1) is 11.6 Å². The van der Waals surface area contributed by atoms with Crippen LogP contribution in [0.3, 0.4) is 0 Å². The molecule has 6 atom stereocenters. The molecule has 1 aromatic rings. The number of amides is 1. The van der Waals surface area contributed by atoms with E-state index in [1.165, 1.54) is 17.5 Å². The number of piperidine rings is 1. The van der Waals surface area contributed by atoms with Crippen LogP contribution >= 0.6 is 0 Å². The summed E-state index contributed by atoms with van der Waals surface area (Å²) in [5, 5.41) is 7.34. The lowest BCUT2D eigenvalue weighted by molar-refractivity contribution is -0.160. The van der Waals surface area contributed by atoms with Gasteiger partial charge in [0.1, 0.15) is 0 Å². The molecule has 1 amide bonds. The van der Waals surface area contributed by atoms with Crippen LogP contribution in [0.25, 0.3) is 0 Å². The molecule has 154 valence electrons. The maximum atomic E-state index is 12.3. The number of nitrogens with one attached hydrogen (secondary N) is 2. The van der Waals surface area contributed by atoms with E-state index in [0.717, 1.165) is 19.3 Å².